The highest BCUT2D eigenvalue weighted by atomic mass is 16.5. The summed E-state index contributed by atoms with van der Waals surface area (Å²) in [6, 6.07) is 6.33. The van der Waals surface area contributed by atoms with Crippen LogP contribution in [-0.4, -0.2) is 31.9 Å². The molecule has 2 rings (SSSR count). The molecular formula is C16H23BNO. The predicted octanol–water partition coefficient (Wildman–Crippen LogP) is 3.40. The first-order valence-corrected chi connectivity index (χ1v) is 7.12. The van der Waals surface area contributed by atoms with Crippen LogP contribution in [0.4, 0.5) is 0 Å². The van der Waals surface area contributed by atoms with Gasteiger partial charge in [0, 0.05) is 5.92 Å². The van der Waals surface area contributed by atoms with Crippen LogP contribution in [0.3, 0.4) is 0 Å². The Morgan fingerprint density at radius 3 is 3.00 bits per heavy atom. The van der Waals surface area contributed by atoms with Gasteiger partial charge < -0.3 is 9.55 Å². The molecule has 1 aliphatic heterocycles. The summed E-state index contributed by atoms with van der Waals surface area (Å²) >= 11 is 0. The Bertz CT molecular complexity index is 444. The molecule has 1 heterocycles. The number of aryl methyl sites for hydroxylation is 1. The minimum Gasteiger partial charge on any atom is -0.493 e. The normalized spacial score (nSPS) is 20.1. The van der Waals surface area contributed by atoms with Crippen LogP contribution < -0.4 is 4.74 Å². The van der Waals surface area contributed by atoms with E-state index in [4.69, 9.17) is 4.74 Å². The third kappa shape index (κ3) is 3.87. The number of benzene rings is 1. The van der Waals surface area contributed by atoms with Gasteiger partial charge in [0.2, 0.25) is 7.41 Å². The lowest BCUT2D eigenvalue weighted by Crippen LogP contribution is -2.24. The molecule has 0 saturated carbocycles. The maximum Gasteiger partial charge on any atom is 0.205 e. The van der Waals surface area contributed by atoms with Crippen LogP contribution in [0.1, 0.15) is 24.5 Å². The van der Waals surface area contributed by atoms with Crippen LogP contribution in [0.5, 0.6) is 5.75 Å². The van der Waals surface area contributed by atoms with Gasteiger partial charge in [0.25, 0.3) is 0 Å². The van der Waals surface area contributed by atoms with Gasteiger partial charge in [-0.1, -0.05) is 25.0 Å². The molecular weight excluding hydrogens is 233 g/mol. The fourth-order valence-corrected chi connectivity index (χ4v) is 2.51. The van der Waals surface area contributed by atoms with E-state index < -0.39 is 0 Å². The molecule has 3 heteroatoms. The molecule has 19 heavy (non-hydrogen) atoms. The Kier molecular flexibility index (Phi) is 5.09. The quantitative estimate of drug-likeness (QED) is 0.749. The molecule has 0 amide bonds. The Morgan fingerprint density at radius 1 is 1.47 bits per heavy atom. The highest BCUT2D eigenvalue weighted by molar-refractivity contribution is 6.29. The fraction of sp³-hybridized carbons (Fsp3) is 0.500. The van der Waals surface area contributed by atoms with E-state index in [1.165, 1.54) is 24.1 Å². The maximum atomic E-state index is 5.95. The van der Waals surface area contributed by atoms with E-state index in [-0.39, 0.29) is 0 Å². The number of rotatable bonds is 5. The largest absolute Gasteiger partial charge is 0.493 e. The molecule has 0 bridgehead atoms. The summed E-state index contributed by atoms with van der Waals surface area (Å²) in [6.07, 6.45) is 5.43. The summed E-state index contributed by atoms with van der Waals surface area (Å²) in [5, 5.41) is 0. The lowest BCUT2D eigenvalue weighted by molar-refractivity contribution is 0.255. The van der Waals surface area contributed by atoms with Crippen LogP contribution in [0.15, 0.2) is 24.3 Å². The molecule has 0 N–H and O–H groups in total. The molecule has 1 aliphatic rings. The predicted molar refractivity (Wildman–Crippen MR) is 82.7 cm³/mol. The molecule has 1 saturated heterocycles. The standard InChI is InChI=1S/C16H23BNO/c1-4-5-15-10-16(7-6-13(15)2)19-12-14-8-9-18(11-14)17-3/h4-7,10,14H,8-9,11-12H2,1-3H3/b5-4-. The van der Waals surface area contributed by atoms with Gasteiger partial charge in [0.15, 0.2) is 0 Å². The van der Waals surface area contributed by atoms with E-state index in [9.17, 15) is 0 Å². The van der Waals surface area contributed by atoms with Crippen molar-refractivity contribution in [2.24, 2.45) is 5.92 Å². The minimum atomic E-state index is 0.655. The van der Waals surface area contributed by atoms with E-state index in [0.717, 1.165) is 18.9 Å². The molecule has 1 radical (unpaired) electrons. The lowest BCUT2D eigenvalue weighted by atomic mass is 9.97. The number of nitrogens with zero attached hydrogens (tertiary/aromatic N) is 1. The minimum absolute atomic E-state index is 0.655. The smallest absolute Gasteiger partial charge is 0.205 e. The Morgan fingerprint density at radius 2 is 2.32 bits per heavy atom. The summed E-state index contributed by atoms with van der Waals surface area (Å²) in [5.74, 6) is 1.64. The van der Waals surface area contributed by atoms with E-state index in [1.54, 1.807) is 0 Å². The van der Waals surface area contributed by atoms with Crippen molar-refractivity contribution in [1.82, 2.24) is 4.81 Å². The molecule has 1 fully saturated rings. The van der Waals surface area contributed by atoms with Gasteiger partial charge in [-0.3, -0.25) is 0 Å². The Labute approximate surface area is 117 Å². The van der Waals surface area contributed by atoms with Crippen LogP contribution >= 0.6 is 0 Å². The zero-order chi connectivity index (χ0) is 13.7. The van der Waals surface area contributed by atoms with E-state index in [1.807, 2.05) is 6.92 Å². The monoisotopic (exact) mass is 256 g/mol. The number of hydrogen-bond donors (Lipinski definition) is 0. The second-order valence-corrected chi connectivity index (χ2v) is 5.24. The van der Waals surface area contributed by atoms with E-state index in [2.05, 4.69) is 56.3 Å². The van der Waals surface area contributed by atoms with Crippen molar-refractivity contribution in [3.63, 3.8) is 0 Å². The molecule has 1 aromatic carbocycles. The molecule has 1 atom stereocenters. The highest BCUT2D eigenvalue weighted by Gasteiger charge is 2.21. The molecule has 1 unspecified atom stereocenters. The second-order valence-electron chi connectivity index (χ2n) is 5.24. The van der Waals surface area contributed by atoms with Crippen molar-refractivity contribution in [3.8, 4) is 5.75 Å². The third-order valence-corrected chi connectivity index (χ3v) is 3.77. The summed E-state index contributed by atoms with van der Waals surface area (Å²) in [7, 11) is 2.18. The van der Waals surface area contributed by atoms with Crippen molar-refractivity contribution in [2.45, 2.75) is 27.1 Å². The molecule has 2 nitrogen and oxygen atoms in total. The lowest BCUT2D eigenvalue weighted by Gasteiger charge is -2.14. The molecule has 1 aromatic rings. The second kappa shape index (κ2) is 6.81. The van der Waals surface area contributed by atoms with Gasteiger partial charge >= 0.3 is 0 Å². The molecule has 0 aliphatic carbocycles. The first-order valence-electron chi connectivity index (χ1n) is 7.12. The van der Waals surface area contributed by atoms with Crippen LogP contribution in [-0.2, 0) is 0 Å². The molecule has 101 valence electrons. The highest BCUT2D eigenvalue weighted by Crippen LogP contribution is 2.21. The van der Waals surface area contributed by atoms with Gasteiger partial charge in [-0.25, -0.2) is 0 Å². The number of hydrogen-bond acceptors (Lipinski definition) is 2. The van der Waals surface area contributed by atoms with Gasteiger partial charge in [0.1, 0.15) is 5.75 Å². The zero-order valence-corrected chi connectivity index (χ0v) is 12.2. The summed E-state index contributed by atoms with van der Waals surface area (Å²) in [5.41, 5.74) is 2.54. The van der Waals surface area contributed by atoms with Crippen molar-refractivity contribution >= 4 is 13.5 Å². The average Bonchev–Trinajstić information content (AvgIpc) is 2.88. The Hall–Kier alpha value is -1.22. The van der Waals surface area contributed by atoms with Crippen molar-refractivity contribution < 1.29 is 4.74 Å². The number of ether oxygens (including phenoxy) is 1. The Balaban J connectivity index is 1.91. The summed E-state index contributed by atoms with van der Waals surface area (Å²) < 4.78 is 5.95. The van der Waals surface area contributed by atoms with Crippen molar-refractivity contribution in [1.29, 1.82) is 0 Å². The topological polar surface area (TPSA) is 12.5 Å². The summed E-state index contributed by atoms with van der Waals surface area (Å²) in [6.45, 7) is 9.40. The first kappa shape index (κ1) is 14.2. The summed E-state index contributed by atoms with van der Waals surface area (Å²) in [4.78, 5) is 2.37. The average molecular weight is 256 g/mol. The van der Waals surface area contributed by atoms with Gasteiger partial charge in [-0.15, -0.1) is 0 Å². The zero-order valence-electron chi connectivity index (χ0n) is 12.2. The SMILES string of the molecule is C[B]N1CCC(COc2ccc(C)c(/C=C\C)c2)C1. The van der Waals surface area contributed by atoms with E-state index >= 15 is 0 Å². The molecule has 0 spiro atoms. The van der Waals surface area contributed by atoms with Crippen LogP contribution in [0.2, 0.25) is 6.82 Å². The van der Waals surface area contributed by atoms with Crippen LogP contribution in [0.25, 0.3) is 6.08 Å². The third-order valence-electron chi connectivity index (χ3n) is 3.77. The molecule has 0 aromatic heterocycles. The number of allylic oxidation sites excluding steroid dienone is 1. The first-order chi connectivity index (χ1) is 9.22. The van der Waals surface area contributed by atoms with Crippen molar-refractivity contribution in [2.75, 3.05) is 19.7 Å². The van der Waals surface area contributed by atoms with Gasteiger partial charge in [-0.05, 0) is 56.6 Å². The fourth-order valence-electron chi connectivity index (χ4n) is 2.51. The van der Waals surface area contributed by atoms with Gasteiger partial charge in [-0.2, -0.15) is 0 Å². The van der Waals surface area contributed by atoms with E-state index in [0.29, 0.717) is 5.92 Å². The maximum absolute atomic E-state index is 5.95. The van der Waals surface area contributed by atoms with Gasteiger partial charge in [0.05, 0.1) is 6.61 Å². The van der Waals surface area contributed by atoms with Crippen LogP contribution in [0, 0.1) is 12.8 Å². The van der Waals surface area contributed by atoms with Crippen molar-refractivity contribution in [3.05, 3.63) is 35.4 Å².